The molecule has 0 amide bonds. The molecule has 2 rings (SSSR count). The van der Waals surface area contributed by atoms with Crippen molar-refractivity contribution in [3.63, 3.8) is 0 Å². The number of rotatable bonds is 6. The molecule has 0 atom stereocenters. The fraction of sp³-hybridized carbons (Fsp3) is 0.250. The third kappa shape index (κ3) is 3.60. The number of anilines is 1. The standard InChI is InChI=1S/C16H17N3O5/c1-2-8-19-13(17)12(14(21)18-16(19)23)11(20)9-24-15(22)10-6-4-3-5-7-10/h3-7H,2,8-9,17H2,1H3,(H,18,21,23). The zero-order valence-corrected chi connectivity index (χ0v) is 13.1. The maximum atomic E-state index is 12.2. The van der Waals surface area contributed by atoms with E-state index in [0.717, 1.165) is 4.57 Å². The summed E-state index contributed by atoms with van der Waals surface area (Å²) in [5.41, 5.74) is 4.09. The summed E-state index contributed by atoms with van der Waals surface area (Å²) in [6, 6.07) is 8.12. The molecule has 0 spiro atoms. The number of hydrogen-bond donors (Lipinski definition) is 2. The summed E-state index contributed by atoms with van der Waals surface area (Å²) in [5, 5.41) is 0. The average Bonchev–Trinajstić information content (AvgIpc) is 2.57. The van der Waals surface area contributed by atoms with E-state index >= 15 is 0 Å². The molecule has 126 valence electrons. The zero-order chi connectivity index (χ0) is 17.7. The number of ether oxygens (including phenoxy) is 1. The SMILES string of the molecule is CCCn1c(N)c(C(=O)COC(=O)c2ccccc2)c(=O)[nH]c1=O. The highest BCUT2D eigenvalue weighted by atomic mass is 16.5. The van der Waals surface area contributed by atoms with E-state index in [4.69, 9.17) is 10.5 Å². The van der Waals surface area contributed by atoms with Crippen molar-refractivity contribution in [1.82, 2.24) is 9.55 Å². The average molecular weight is 331 g/mol. The van der Waals surface area contributed by atoms with Crippen LogP contribution in [0.2, 0.25) is 0 Å². The van der Waals surface area contributed by atoms with E-state index in [9.17, 15) is 19.2 Å². The monoisotopic (exact) mass is 331 g/mol. The number of aromatic nitrogens is 2. The van der Waals surface area contributed by atoms with Crippen LogP contribution in [0.15, 0.2) is 39.9 Å². The molecule has 0 fully saturated rings. The number of benzene rings is 1. The molecular formula is C16H17N3O5. The van der Waals surface area contributed by atoms with Crippen molar-refractivity contribution >= 4 is 17.6 Å². The number of esters is 1. The highest BCUT2D eigenvalue weighted by Gasteiger charge is 2.20. The van der Waals surface area contributed by atoms with Gasteiger partial charge in [0.2, 0.25) is 5.78 Å². The molecule has 0 aliphatic carbocycles. The number of aromatic amines is 1. The number of carbonyl (C=O) groups excluding carboxylic acids is 2. The lowest BCUT2D eigenvalue weighted by atomic mass is 10.2. The minimum Gasteiger partial charge on any atom is -0.454 e. The molecule has 8 nitrogen and oxygen atoms in total. The molecule has 0 radical (unpaired) electrons. The lowest BCUT2D eigenvalue weighted by Crippen LogP contribution is -2.37. The quantitative estimate of drug-likeness (QED) is 0.589. The first-order valence-corrected chi connectivity index (χ1v) is 7.33. The van der Waals surface area contributed by atoms with Crippen LogP contribution in [0.5, 0.6) is 0 Å². The van der Waals surface area contributed by atoms with Gasteiger partial charge >= 0.3 is 11.7 Å². The highest BCUT2D eigenvalue weighted by Crippen LogP contribution is 2.07. The Balaban J connectivity index is 2.21. The Hall–Kier alpha value is -3.16. The van der Waals surface area contributed by atoms with E-state index in [1.54, 1.807) is 18.2 Å². The summed E-state index contributed by atoms with van der Waals surface area (Å²) in [6.07, 6.45) is 0.590. The summed E-state index contributed by atoms with van der Waals surface area (Å²) in [7, 11) is 0. The van der Waals surface area contributed by atoms with Gasteiger partial charge in [-0.05, 0) is 18.6 Å². The number of H-pyrrole nitrogens is 1. The van der Waals surface area contributed by atoms with Crippen molar-refractivity contribution < 1.29 is 14.3 Å². The van der Waals surface area contributed by atoms with Gasteiger partial charge in [0, 0.05) is 6.54 Å². The molecule has 0 unspecified atom stereocenters. The Morgan fingerprint density at radius 3 is 2.50 bits per heavy atom. The number of nitrogens with one attached hydrogen (secondary N) is 1. The largest absolute Gasteiger partial charge is 0.454 e. The fourth-order valence-electron chi connectivity index (χ4n) is 2.16. The first-order valence-electron chi connectivity index (χ1n) is 7.33. The summed E-state index contributed by atoms with van der Waals surface area (Å²) < 4.78 is 6.00. The van der Waals surface area contributed by atoms with Gasteiger partial charge in [-0.1, -0.05) is 25.1 Å². The third-order valence-electron chi connectivity index (χ3n) is 3.31. The van der Waals surface area contributed by atoms with Crippen molar-refractivity contribution in [2.45, 2.75) is 19.9 Å². The van der Waals surface area contributed by atoms with Crippen LogP contribution in [-0.4, -0.2) is 27.9 Å². The van der Waals surface area contributed by atoms with Gasteiger partial charge < -0.3 is 10.5 Å². The van der Waals surface area contributed by atoms with E-state index in [-0.39, 0.29) is 23.5 Å². The maximum Gasteiger partial charge on any atom is 0.338 e. The van der Waals surface area contributed by atoms with Crippen molar-refractivity contribution in [2.75, 3.05) is 12.3 Å². The van der Waals surface area contributed by atoms with Crippen molar-refractivity contribution in [3.8, 4) is 0 Å². The molecule has 0 aliphatic rings. The van der Waals surface area contributed by atoms with Gasteiger partial charge in [-0.3, -0.25) is 19.1 Å². The second kappa shape index (κ2) is 7.40. The van der Waals surface area contributed by atoms with E-state index in [2.05, 4.69) is 0 Å². The topological polar surface area (TPSA) is 124 Å². The fourth-order valence-corrected chi connectivity index (χ4v) is 2.16. The number of Topliss-reactive ketones (excluding diaryl/α,β-unsaturated/α-hetero) is 1. The summed E-state index contributed by atoms with van der Waals surface area (Å²) >= 11 is 0. The van der Waals surface area contributed by atoms with Gasteiger partial charge in [-0.15, -0.1) is 0 Å². The minimum atomic E-state index is -0.898. The summed E-state index contributed by atoms with van der Waals surface area (Å²) in [4.78, 5) is 49.6. The van der Waals surface area contributed by atoms with Crippen molar-refractivity contribution in [3.05, 3.63) is 62.3 Å². The van der Waals surface area contributed by atoms with Gasteiger partial charge in [-0.25, -0.2) is 9.59 Å². The highest BCUT2D eigenvalue weighted by molar-refractivity contribution is 6.02. The Morgan fingerprint density at radius 2 is 1.88 bits per heavy atom. The van der Waals surface area contributed by atoms with E-state index < -0.39 is 29.6 Å². The molecule has 1 heterocycles. The zero-order valence-electron chi connectivity index (χ0n) is 13.1. The number of ketones is 1. The van der Waals surface area contributed by atoms with E-state index in [1.165, 1.54) is 12.1 Å². The molecule has 3 N–H and O–H groups in total. The lowest BCUT2D eigenvalue weighted by Gasteiger charge is -2.11. The Morgan fingerprint density at radius 1 is 1.21 bits per heavy atom. The summed E-state index contributed by atoms with van der Waals surface area (Å²) in [5.74, 6) is -1.70. The van der Waals surface area contributed by atoms with E-state index in [0.29, 0.717) is 6.42 Å². The second-order valence-electron chi connectivity index (χ2n) is 5.04. The molecule has 1 aromatic heterocycles. The minimum absolute atomic E-state index is 0.230. The predicted molar refractivity (Wildman–Crippen MR) is 87.1 cm³/mol. The summed E-state index contributed by atoms with van der Waals surface area (Å²) in [6.45, 7) is 1.43. The number of nitrogens with zero attached hydrogens (tertiary/aromatic N) is 1. The molecule has 2 aromatic rings. The smallest absolute Gasteiger partial charge is 0.338 e. The van der Waals surface area contributed by atoms with Crippen LogP contribution in [-0.2, 0) is 11.3 Å². The van der Waals surface area contributed by atoms with Crippen LogP contribution in [0, 0.1) is 0 Å². The first-order chi connectivity index (χ1) is 11.5. The van der Waals surface area contributed by atoms with Gasteiger partial charge in [0.05, 0.1) is 5.56 Å². The third-order valence-corrected chi connectivity index (χ3v) is 3.31. The van der Waals surface area contributed by atoms with Crippen LogP contribution in [0.4, 0.5) is 5.82 Å². The lowest BCUT2D eigenvalue weighted by molar-refractivity contribution is 0.0474. The van der Waals surface area contributed by atoms with Crippen LogP contribution < -0.4 is 17.0 Å². The number of hydrogen-bond acceptors (Lipinski definition) is 6. The van der Waals surface area contributed by atoms with Crippen molar-refractivity contribution in [1.29, 1.82) is 0 Å². The molecule has 0 aliphatic heterocycles. The van der Waals surface area contributed by atoms with Gasteiger partial charge in [-0.2, -0.15) is 0 Å². The Labute approximate surface area is 136 Å². The van der Waals surface area contributed by atoms with Gasteiger partial charge in [0.25, 0.3) is 5.56 Å². The van der Waals surface area contributed by atoms with Crippen LogP contribution in [0.25, 0.3) is 0 Å². The molecule has 0 saturated carbocycles. The van der Waals surface area contributed by atoms with Gasteiger partial charge in [0.1, 0.15) is 11.4 Å². The molecule has 24 heavy (non-hydrogen) atoms. The van der Waals surface area contributed by atoms with E-state index in [1.807, 2.05) is 11.9 Å². The number of nitrogen functional groups attached to an aromatic ring is 1. The Kier molecular flexibility index (Phi) is 5.31. The number of nitrogens with two attached hydrogens (primary N) is 1. The molecule has 8 heteroatoms. The molecule has 1 aromatic carbocycles. The predicted octanol–water partition coefficient (Wildman–Crippen LogP) is 0.569. The van der Waals surface area contributed by atoms with Crippen LogP contribution in [0.3, 0.4) is 0 Å². The normalized spacial score (nSPS) is 10.4. The van der Waals surface area contributed by atoms with Crippen molar-refractivity contribution in [2.24, 2.45) is 0 Å². The molecule has 0 bridgehead atoms. The van der Waals surface area contributed by atoms with Crippen LogP contribution in [0.1, 0.15) is 34.1 Å². The number of carbonyl (C=O) groups is 2. The van der Waals surface area contributed by atoms with Gasteiger partial charge in [0.15, 0.2) is 6.61 Å². The second-order valence-corrected chi connectivity index (χ2v) is 5.04. The molecule has 0 saturated heterocycles. The first kappa shape index (κ1) is 17.2. The maximum absolute atomic E-state index is 12.2. The Bertz CT molecular complexity index is 868. The van der Waals surface area contributed by atoms with Crippen LogP contribution >= 0.6 is 0 Å². The molecular weight excluding hydrogens is 314 g/mol.